The number of hydrogen-bond acceptors (Lipinski definition) is 7. The number of nitrogens with two attached hydrogens (primary N) is 1. The molecule has 0 spiro atoms. The first-order valence-corrected chi connectivity index (χ1v) is 16.6. The van der Waals surface area contributed by atoms with Crippen LogP contribution in [0, 0.1) is 34.5 Å². The summed E-state index contributed by atoms with van der Waals surface area (Å²) >= 11 is 0. The SMILES string of the molecule is CC(C)[C@H]1CN(C(=O)[C@@H](NC(=O)N[C@@H](C(=O)OC(C)(C)C)C(C)(C)C)C(C)(C)C)[C@H](C(=O)NC(CC2CCC2)C(=O)C(N)=O)C1C. The average molecular weight is 650 g/mol. The van der Waals surface area contributed by atoms with Crippen molar-refractivity contribution >= 4 is 35.5 Å². The molecule has 1 saturated carbocycles. The predicted octanol–water partition coefficient (Wildman–Crippen LogP) is 3.31. The van der Waals surface area contributed by atoms with E-state index in [1.165, 1.54) is 4.90 Å². The Kier molecular flexibility index (Phi) is 12.5. The van der Waals surface area contributed by atoms with Crippen LogP contribution in [0.4, 0.5) is 4.79 Å². The van der Waals surface area contributed by atoms with Crippen LogP contribution in [-0.4, -0.2) is 76.7 Å². The Bertz CT molecular complexity index is 1160. The van der Waals surface area contributed by atoms with Crippen LogP contribution >= 0.6 is 0 Å². The van der Waals surface area contributed by atoms with Crippen LogP contribution in [0.25, 0.3) is 0 Å². The zero-order valence-electron chi connectivity index (χ0n) is 30.0. The van der Waals surface area contributed by atoms with Crippen molar-refractivity contribution < 1.29 is 33.5 Å². The Morgan fingerprint density at radius 3 is 1.78 bits per heavy atom. The molecule has 262 valence electrons. The van der Waals surface area contributed by atoms with Crippen LogP contribution in [0.3, 0.4) is 0 Å². The second-order valence-corrected chi connectivity index (χ2v) is 16.8. The van der Waals surface area contributed by atoms with Gasteiger partial charge in [-0.2, -0.15) is 0 Å². The number of rotatable bonds is 11. The number of esters is 1. The third-order valence-electron chi connectivity index (χ3n) is 9.17. The van der Waals surface area contributed by atoms with Crippen molar-refractivity contribution in [3.8, 4) is 0 Å². The average Bonchev–Trinajstić information content (AvgIpc) is 3.21. The number of nitrogens with zero attached hydrogens (tertiary/aromatic N) is 1. The van der Waals surface area contributed by atoms with Gasteiger partial charge in [-0.05, 0) is 61.7 Å². The molecule has 0 aromatic carbocycles. The highest BCUT2D eigenvalue weighted by Crippen LogP contribution is 2.37. The van der Waals surface area contributed by atoms with Crippen molar-refractivity contribution in [3.63, 3.8) is 0 Å². The number of carbonyl (C=O) groups excluding carboxylic acids is 6. The maximum Gasteiger partial charge on any atom is 0.329 e. The number of ether oxygens (including phenoxy) is 1. The summed E-state index contributed by atoms with van der Waals surface area (Å²) in [5, 5.41) is 8.28. The van der Waals surface area contributed by atoms with Crippen molar-refractivity contribution in [1.29, 1.82) is 0 Å². The van der Waals surface area contributed by atoms with Gasteiger partial charge in [0.2, 0.25) is 17.6 Å². The van der Waals surface area contributed by atoms with E-state index in [1.54, 1.807) is 62.3 Å². The summed E-state index contributed by atoms with van der Waals surface area (Å²) < 4.78 is 5.56. The quantitative estimate of drug-likeness (QED) is 0.196. The predicted molar refractivity (Wildman–Crippen MR) is 175 cm³/mol. The summed E-state index contributed by atoms with van der Waals surface area (Å²) in [5.41, 5.74) is 3.08. The van der Waals surface area contributed by atoms with Crippen LogP contribution in [0.1, 0.15) is 109 Å². The zero-order chi connectivity index (χ0) is 35.5. The van der Waals surface area contributed by atoms with Gasteiger partial charge >= 0.3 is 12.0 Å². The molecule has 1 aliphatic heterocycles. The van der Waals surface area contributed by atoms with E-state index in [-0.39, 0.29) is 30.2 Å². The number of ketones is 1. The van der Waals surface area contributed by atoms with E-state index in [9.17, 15) is 28.8 Å². The Morgan fingerprint density at radius 2 is 1.37 bits per heavy atom. The fourth-order valence-electron chi connectivity index (χ4n) is 6.28. The van der Waals surface area contributed by atoms with E-state index in [4.69, 9.17) is 10.5 Å². The lowest BCUT2D eigenvalue weighted by Crippen LogP contribution is -2.62. The summed E-state index contributed by atoms with van der Waals surface area (Å²) in [4.78, 5) is 80.9. The molecule has 0 radical (unpaired) electrons. The normalized spacial score (nSPS) is 22.7. The first-order chi connectivity index (χ1) is 20.8. The number of urea groups is 1. The number of nitrogens with one attached hydrogen (secondary N) is 3. The van der Waals surface area contributed by atoms with Crippen LogP contribution in [0.15, 0.2) is 0 Å². The zero-order valence-corrected chi connectivity index (χ0v) is 30.0. The van der Waals surface area contributed by atoms with Gasteiger partial charge in [-0.25, -0.2) is 9.59 Å². The standard InChI is InChI=1S/C34H59N5O7/c1-18(2)21-17-39(23(19(21)3)28(42)36-22(24(40)27(35)41)16-20-14-13-15-20)29(43)25(32(4,5)6)37-31(45)38-26(33(7,8)9)30(44)46-34(10,11)12/h18-23,25-26H,13-17H2,1-12H3,(H2,35,41)(H,36,42)(H2,37,38,45)/t19?,21-,22?,23+,25-,26+/m1/s1. The number of Topliss-reactive ketones (excluding diaryl/α,β-unsaturated/α-hetero) is 1. The number of likely N-dealkylation sites (tertiary alicyclic amines) is 1. The molecular weight excluding hydrogens is 590 g/mol. The molecular formula is C34H59N5O7. The van der Waals surface area contributed by atoms with Crippen molar-refractivity contribution in [3.05, 3.63) is 0 Å². The first kappa shape index (κ1) is 39.0. The van der Waals surface area contributed by atoms with E-state index < -0.39 is 76.1 Å². The Morgan fingerprint density at radius 1 is 0.848 bits per heavy atom. The lowest BCUT2D eigenvalue weighted by molar-refractivity contribution is -0.160. The van der Waals surface area contributed by atoms with Crippen LogP contribution in [0.2, 0.25) is 0 Å². The molecule has 2 aliphatic rings. The molecule has 0 aromatic heterocycles. The summed E-state index contributed by atoms with van der Waals surface area (Å²) in [7, 11) is 0. The highest BCUT2D eigenvalue weighted by Gasteiger charge is 2.50. The fraction of sp³-hybridized carbons (Fsp3) is 0.824. The van der Waals surface area contributed by atoms with Crippen LogP contribution in [-0.2, 0) is 28.7 Å². The van der Waals surface area contributed by atoms with E-state index >= 15 is 0 Å². The highest BCUT2D eigenvalue weighted by atomic mass is 16.6. The Hall–Kier alpha value is -3.18. The Labute approximate surface area is 275 Å². The van der Waals surface area contributed by atoms with Gasteiger partial charge in [0, 0.05) is 6.54 Å². The van der Waals surface area contributed by atoms with Gasteiger partial charge < -0.3 is 31.3 Å². The molecule has 5 amide bonds. The van der Waals surface area contributed by atoms with Crippen LogP contribution in [0.5, 0.6) is 0 Å². The summed E-state index contributed by atoms with van der Waals surface area (Å²) in [5.74, 6) is -3.52. The topological polar surface area (TPSA) is 177 Å². The molecule has 46 heavy (non-hydrogen) atoms. The number of amides is 5. The maximum absolute atomic E-state index is 14.4. The monoisotopic (exact) mass is 649 g/mol. The third-order valence-corrected chi connectivity index (χ3v) is 9.17. The van der Waals surface area contributed by atoms with E-state index in [0.29, 0.717) is 6.42 Å². The van der Waals surface area contributed by atoms with Gasteiger partial charge in [-0.3, -0.25) is 19.2 Å². The molecule has 6 atom stereocenters. The van der Waals surface area contributed by atoms with Crippen LogP contribution < -0.4 is 21.7 Å². The van der Waals surface area contributed by atoms with Gasteiger partial charge in [-0.15, -0.1) is 0 Å². The number of primary amides is 1. The molecule has 12 nitrogen and oxygen atoms in total. The largest absolute Gasteiger partial charge is 0.458 e. The maximum atomic E-state index is 14.4. The van der Waals surface area contributed by atoms with Crippen molar-refractivity contribution in [1.82, 2.24) is 20.9 Å². The smallest absolute Gasteiger partial charge is 0.329 e. The minimum Gasteiger partial charge on any atom is -0.458 e. The second-order valence-electron chi connectivity index (χ2n) is 16.8. The molecule has 1 heterocycles. The molecule has 12 heteroatoms. The highest BCUT2D eigenvalue weighted by molar-refractivity contribution is 6.37. The summed E-state index contributed by atoms with van der Waals surface area (Å²) in [6.07, 6.45) is 3.15. The molecule has 0 aromatic rings. The van der Waals surface area contributed by atoms with Gasteiger partial charge in [-0.1, -0.05) is 81.6 Å². The van der Waals surface area contributed by atoms with Crippen molar-refractivity contribution in [2.45, 2.75) is 139 Å². The summed E-state index contributed by atoms with van der Waals surface area (Å²) in [6, 6.07) is -4.81. The lowest BCUT2D eigenvalue weighted by atomic mass is 9.80. The fourth-order valence-corrected chi connectivity index (χ4v) is 6.28. The molecule has 0 bridgehead atoms. The molecule has 1 aliphatic carbocycles. The first-order valence-electron chi connectivity index (χ1n) is 16.6. The molecule has 2 rings (SSSR count). The number of hydrogen-bond donors (Lipinski definition) is 4. The van der Waals surface area contributed by atoms with Gasteiger partial charge in [0.15, 0.2) is 0 Å². The second kappa shape index (κ2) is 14.7. The van der Waals surface area contributed by atoms with Crippen molar-refractivity contribution in [2.75, 3.05) is 6.54 Å². The van der Waals surface area contributed by atoms with E-state index in [0.717, 1.165) is 19.3 Å². The molecule has 2 unspecified atom stereocenters. The van der Waals surface area contributed by atoms with Crippen molar-refractivity contribution in [2.24, 2.45) is 40.2 Å². The summed E-state index contributed by atoms with van der Waals surface area (Å²) in [6.45, 7) is 22.3. The van der Waals surface area contributed by atoms with E-state index in [1.807, 2.05) is 20.8 Å². The third kappa shape index (κ3) is 10.2. The lowest BCUT2D eigenvalue weighted by Gasteiger charge is -2.37. The minimum absolute atomic E-state index is 0.0384. The molecule has 2 fully saturated rings. The van der Waals surface area contributed by atoms with Gasteiger partial charge in [0.1, 0.15) is 23.7 Å². The van der Waals surface area contributed by atoms with E-state index in [2.05, 4.69) is 16.0 Å². The Balaban J connectivity index is 2.39. The number of carbonyl (C=O) groups is 6. The molecule has 5 N–H and O–H groups in total. The minimum atomic E-state index is -1.11. The molecule has 1 saturated heterocycles. The van der Waals surface area contributed by atoms with Gasteiger partial charge in [0.25, 0.3) is 5.91 Å². The van der Waals surface area contributed by atoms with Gasteiger partial charge in [0.05, 0.1) is 6.04 Å².